The summed E-state index contributed by atoms with van der Waals surface area (Å²) in [5.41, 5.74) is 1.40. The summed E-state index contributed by atoms with van der Waals surface area (Å²) in [5, 5.41) is 10.4. The summed E-state index contributed by atoms with van der Waals surface area (Å²) in [5.74, 6) is -0.731. The molecule has 2 N–H and O–H groups in total. The number of hydrogen-bond donors (Lipinski definition) is 2. The van der Waals surface area contributed by atoms with Crippen molar-refractivity contribution < 1.29 is 14.4 Å². The van der Waals surface area contributed by atoms with E-state index in [1.807, 2.05) is 24.3 Å². The minimum absolute atomic E-state index is 0.000531. The van der Waals surface area contributed by atoms with Gasteiger partial charge in [0.1, 0.15) is 0 Å². The number of anilines is 1. The van der Waals surface area contributed by atoms with E-state index in [0.717, 1.165) is 15.8 Å². The number of pyridine rings is 1. The Kier molecular flexibility index (Phi) is 3.50. The van der Waals surface area contributed by atoms with E-state index in [1.54, 1.807) is 0 Å². The van der Waals surface area contributed by atoms with Crippen LogP contribution in [0.2, 0.25) is 0 Å². The fourth-order valence-corrected chi connectivity index (χ4v) is 2.80. The fourth-order valence-electron chi connectivity index (χ4n) is 2.80. The van der Waals surface area contributed by atoms with Gasteiger partial charge in [-0.25, -0.2) is 0 Å². The lowest BCUT2D eigenvalue weighted by Gasteiger charge is -2.13. The normalized spacial score (nSPS) is 13.4. The van der Waals surface area contributed by atoms with Crippen LogP contribution in [0.4, 0.5) is 5.82 Å². The summed E-state index contributed by atoms with van der Waals surface area (Å²) >= 11 is 0. The van der Waals surface area contributed by atoms with Gasteiger partial charge in [0.05, 0.1) is 16.6 Å². The molecular formula is C17H13N5O3. The second-order valence-electron chi connectivity index (χ2n) is 5.60. The maximum Gasteiger partial charge on any atom is 0.263 e. The van der Waals surface area contributed by atoms with Gasteiger partial charge < -0.3 is 5.32 Å². The number of aromatic nitrogens is 3. The molecule has 0 radical (unpaired) electrons. The summed E-state index contributed by atoms with van der Waals surface area (Å²) in [4.78, 5) is 41.6. The Hall–Kier alpha value is -3.55. The van der Waals surface area contributed by atoms with Crippen LogP contribution in [0, 0.1) is 0 Å². The molecule has 1 aromatic carbocycles. The number of rotatable bonds is 4. The summed E-state index contributed by atoms with van der Waals surface area (Å²) in [7, 11) is 0. The van der Waals surface area contributed by atoms with Crippen LogP contribution in [0.25, 0.3) is 10.9 Å². The Balaban J connectivity index is 1.43. The number of para-hydroxylation sites is 1. The predicted molar refractivity (Wildman–Crippen MR) is 88.9 cm³/mol. The van der Waals surface area contributed by atoms with E-state index in [4.69, 9.17) is 0 Å². The van der Waals surface area contributed by atoms with E-state index in [9.17, 15) is 14.4 Å². The molecule has 3 amide bonds. The van der Waals surface area contributed by atoms with Crippen molar-refractivity contribution in [3.63, 3.8) is 0 Å². The SMILES string of the molecule is O=C(CCN1C(=O)c2ccncc2C1=O)Nc1n[nH]c2ccccc12. The zero-order valence-electron chi connectivity index (χ0n) is 13.0. The molecule has 0 unspecified atom stereocenters. The highest BCUT2D eigenvalue weighted by atomic mass is 16.2. The first-order valence-corrected chi connectivity index (χ1v) is 7.68. The summed E-state index contributed by atoms with van der Waals surface area (Å²) in [6.45, 7) is 0.000531. The minimum atomic E-state index is -0.425. The number of benzene rings is 1. The van der Waals surface area contributed by atoms with Crippen LogP contribution in [0.3, 0.4) is 0 Å². The first kappa shape index (κ1) is 15.0. The van der Waals surface area contributed by atoms with Gasteiger partial charge in [0.15, 0.2) is 5.82 Å². The van der Waals surface area contributed by atoms with Crippen LogP contribution in [-0.4, -0.2) is 44.3 Å². The maximum atomic E-state index is 12.2. The Morgan fingerprint density at radius 1 is 1.12 bits per heavy atom. The highest BCUT2D eigenvalue weighted by Crippen LogP contribution is 2.22. The smallest absolute Gasteiger partial charge is 0.263 e. The molecule has 124 valence electrons. The molecule has 0 saturated heterocycles. The third-order valence-electron chi connectivity index (χ3n) is 4.06. The van der Waals surface area contributed by atoms with Crippen LogP contribution in [0.1, 0.15) is 27.1 Å². The monoisotopic (exact) mass is 335 g/mol. The average Bonchev–Trinajstić information content (AvgIpc) is 3.14. The lowest BCUT2D eigenvalue weighted by molar-refractivity contribution is -0.116. The fraction of sp³-hybridized carbons (Fsp3) is 0.118. The second kappa shape index (κ2) is 5.82. The molecule has 1 aliphatic heterocycles. The number of fused-ring (bicyclic) bond motifs is 2. The van der Waals surface area contributed by atoms with Crippen molar-refractivity contribution in [2.24, 2.45) is 0 Å². The largest absolute Gasteiger partial charge is 0.309 e. The van der Waals surface area contributed by atoms with Crippen molar-refractivity contribution in [1.29, 1.82) is 0 Å². The quantitative estimate of drug-likeness (QED) is 0.704. The number of carbonyl (C=O) groups is 3. The summed E-state index contributed by atoms with van der Waals surface area (Å²) in [6, 6.07) is 8.91. The maximum absolute atomic E-state index is 12.2. The van der Waals surface area contributed by atoms with Gasteiger partial charge in [-0.2, -0.15) is 5.10 Å². The van der Waals surface area contributed by atoms with Crippen molar-refractivity contribution in [3.05, 3.63) is 53.9 Å². The average molecular weight is 335 g/mol. The van der Waals surface area contributed by atoms with Crippen LogP contribution in [-0.2, 0) is 4.79 Å². The van der Waals surface area contributed by atoms with Gasteiger partial charge in [-0.15, -0.1) is 0 Å². The van der Waals surface area contributed by atoms with Gasteiger partial charge in [-0.3, -0.25) is 29.4 Å². The topological polar surface area (TPSA) is 108 Å². The van der Waals surface area contributed by atoms with Crippen molar-refractivity contribution in [2.75, 3.05) is 11.9 Å². The lowest BCUT2D eigenvalue weighted by atomic mass is 10.2. The van der Waals surface area contributed by atoms with E-state index >= 15 is 0 Å². The van der Waals surface area contributed by atoms with E-state index in [1.165, 1.54) is 18.5 Å². The molecule has 25 heavy (non-hydrogen) atoms. The Bertz CT molecular complexity index is 975. The molecule has 0 bridgehead atoms. The molecule has 0 atom stereocenters. The number of hydrogen-bond acceptors (Lipinski definition) is 5. The first-order valence-electron chi connectivity index (χ1n) is 7.68. The van der Waals surface area contributed by atoms with Crippen molar-refractivity contribution in [3.8, 4) is 0 Å². The molecule has 0 fully saturated rings. The molecule has 3 aromatic rings. The third-order valence-corrected chi connectivity index (χ3v) is 4.06. The molecular weight excluding hydrogens is 322 g/mol. The van der Waals surface area contributed by atoms with Gasteiger partial charge in [-0.1, -0.05) is 12.1 Å². The van der Waals surface area contributed by atoms with Gasteiger partial charge in [0, 0.05) is 30.7 Å². The number of imide groups is 1. The molecule has 2 aromatic heterocycles. The minimum Gasteiger partial charge on any atom is -0.309 e. The highest BCUT2D eigenvalue weighted by molar-refractivity contribution is 6.21. The standard InChI is InChI=1S/C17H13N5O3/c23-14(19-15-11-3-1-2-4-13(11)20-21-15)6-8-22-16(24)10-5-7-18-9-12(10)17(22)25/h1-5,7,9H,6,8H2,(H2,19,20,21,23). The molecule has 0 spiro atoms. The molecule has 3 heterocycles. The second-order valence-corrected chi connectivity index (χ2v) is 5.60. The van der Waals surface area contributed by atoms with Gasteiger partial charge in [0.25, 0.3) is 11.8 Å². The molecule has 8 nitrogen and oxygen atoms in total. The number of carbonyl (C=O) groups excluding carboxylic acids is 3. The predicted octanol–water partition coefficient (Wildman–Crippen LogP) is 1.58. The number of aromatic amines is 1. The van der Waals surface area contributed by atoms with E-state index < -0.39 is 11.8 Å². The van der Waals surface area contributed by atoms with Gasteiger partial charge in [0.2, 0.25) is 5.91 Å². The number of amides is 3. The van der Waals surface area contributed by atoms with E-state index in [0.29, 0.717) is 11.4 Å². The van der Waals surface area contributed by atoms with Crippen molar-refractivity contribution in [1.82, 2.24) is 20.1 Å². The molecule has 8 heteroatoms. The zero-order valence-corrected chi connectivity index (χ0v) is 13.0. The number of nitrogens with one attached hydrogen (secondary N) is 2. The third kappa shape index (κ3) is 2.53. The number of H-pyrrole nitrogens is 1. The zero-order chi connectivity index (χ0) is 17.4. The Morgan fingerprint density at radius 3 is 2.76 bits per heavy atom. The van der Waals surface area contributed by atoms with Crippen LogP contribution in [0.15, 0.2) is 42.7 Å². The van der Waals surface area contributed by atoms with Crippen LogP contribution >= 0.6 is 0 Å². The Morgan fingerprint density at radius 2 is 1.92 bits per heavy atom. The molecule has 4 rings (SSSR count). The van der Waals surface area contributed by atoms with Crippen LogP contribution < -0.4 is 5.32 Å². The van der Waals surface area contributed by atoms with Crippen molar-refractivity contribution in [2.45, 2.75) is 6.42 Å². The Labute approximate surface area is 141 Å². The molecule has 0 saturated carbocycles. The summed E-state index contributed by atoms with van der Waals surface area (Å²) in [6.07, 6.45) is 2.81. The van der Waals surface area contributed by atoms with Crippen molar-refractivity contribution >= 4 is 34.4 Å². The van der Waals surface area contributed by atoms with E-state index in [-0.39, 0.29) is 24.4 Å². The lowest BCUT2D eigenvalue weighted by Crippen LogP contribution is -2.32. The number of nitrogens with zero attached hydrogens (tertiary/aromatic N) is 3. The van der Waals surface area contributed by atoms with Crippen LogP contribution in [0.5, 0.6) is 0 Å². The molecule has 0 aliphatic carbocycles. The van der Waals surface area contributed by atoms with E-state index in [2.05, 4.69) is 20.5 Å². The first-order chi connectivity index (χ1) is 12.1. The summed E-state index contributed by atoms with van der Waals surface area (Å²) < 4.78 is 0. The highest BCUT2D eigenvalue weighted by Gasteiger charge is 2.35. The van der Waals surface area contributed by atoms with Gasteiger partial charge >= 0.3 is 0 Å². The van der Waals surface area contributed by atoms with Gasteiger partial charge in [-0.05, 0) is 18.2 Å². The molecule has 1 aliphatic rings.